The average Bonchev–Trinajstić information content (AvgIpc) is 2.38. The van der Waals surface area contributed by atoms with Crippen LogP contribution in [0, 0.1) is 11.8 Å². The largest absolute Gasteiger partial charge is 0.393 e. The van der Waals surface area contributed by atoms with Crippen molar-refractivity contribution in [2.75, 3.05) is 6.61 Å². The van der Waals surface area contributed by atoms with Gasteiger partial charge in [-0.3, -0.25) is 0 Å². The molecule has 0 heterocycles. The molecule has 0 aliphatic heterocycles. The molecule has 0 radical (unpaired) electrons. The van der Waals surface area contributed by atoms with Crippen molar-refractivity contribution in [3.63, 3.8) is 0 Å². The number of aliphatic hydroxyl groups is 1. The number of hydrogen-bond donors (Lipinski definition) is 1. The van der Waals surface area contributed by atoms with Gasteiger partial charge in [-0.1, -0.05) is 6.08 Å². The van der Waals surface area contributed by atoms with Crippen molar-refractivity contribution in [2.45, 2.75) is 63.6 Å². The zero-order valence-corrected chi connectivity index (χ0v) is 10.8. The molecule has 0 aromatic heterocycles. The molecule has 2 rings (SSSR count). The number of hydrogen-bond acceptors (Lipinski definition) is 2. The molecule has 1 N–H and O–H groups in total. The van der Waals surface area contributed by atoms with E-state index in [1.165, 1.54) is 38.5 Å². The SMILES string of the molecule is C=CCOC1CCC(C2CCC(O)CC2)CC1. The lowest BCUT2D eigenvalue weighted by Gasteiger charge is -2.36. The van der Waals surface area contributed by atoms with Crippen molar-refractivity contribution in [1.29, 1.82) is 0 Å². The predicted molar refractivity (Wildman–Crippen MR) is 69.9 cm³/mol. The molecular weight excluding hydrogens is 212 g/mol. The summed E-state index contributed by atoms with van der Waals surface area (Å²) in [6, 6.07) is 0. The van der Waals surface area contributed by atoms with E-state index in [0.717, 1.165) is 24.7 Å². The van der Waals surface area contributed by atoms with Crippen LogP contribution >= 0.6 is 0 Å². The van der Waals surface area contributed by atoms with Crippen molar-refractivity contribution >= 4 is 0 Å². The topological polar surface area (TPSA) is 29.5 Å². The molecular formula is C15H26O2. The molecule has 0 saturated heterocycles. The van der Waals surface area contributed by atoms with Gasteiger partial charge in [0.05, 0.1) is 18.8 Å². The Morgan fingerprint density at radius 2 is 1.47 bits per heavy atom. The van der Waals surface area contributed by atoms with Crippen LogP contribution in [0.3, 0.4) is 0 Å². The summed E-state index contributed by atoms with van der Waals surface area (Å²) in [5.74, 6) is 1.77. The maximum atomic E-state index is 9.54. The van der Waals surface area contributed by atoms with Crippen molar-refractivity contribution < 1.29 is 9.84 Å². The number of aliphatic hydroxyl groups excluding tert-OH is 1. The summed E-state index contributed by atoms with van der Waals surface area (Å²) >= 11 is 0. The normalized spacial score (nSPS) is 38.9. The fourth-order valence-corrected chi connectivity index (χ4v) is 3.50. The van der Waals surface area contributed by atoms with Crippen LogP contribution in [0.5, 0.6) is 0 Å². The smallest absolute Gasteiger partial charge is 0.0648 e. The van der Waals surface area contributed by atoms with Gasteiger partial charge >= 0.3 is 0 Å². The van der Waals surface area contributed by atoms with Gasteiger partial charge in [-0.25, -0.2) is 0 Å². The monoisotopic (exact) mass is 238 g/mol. The molecule has 0 amide bonds. The molecule has 2 aliphatic carbocycles. The summed E-state index contributed by atoms with van der Waals surface area (Å²) in [5.41, 5.74) is 0. The highest BCUT2D eigenvalue weighted by atomic mass is 16.5. The van der Waals surface area contributed by atoms with Crippen molar-refractivity contribution in [3.05, 3.63) is 12.7 Å². The van der Waals surface area contributed by atoms with E-state index in [0.29, 0.717) is 12.7 Å². The Morgan fingerprint density at radius 1 is 0.941 bits per heavy atom. The predicted octanol–water partition coefficient (Wildman–Crippen LogP) is 3.30. The minimum absolute atomic E-state index is 0.0153. The zero-order valence-electron chi connectivity index (χ0n) is 10.8. The Kier molecular flexibility index (Phi) is 5.05. The Hall–Kier alpha value is -0.340. The highest BCUT2D eigenvalue weighted by molar-refractivity contribution is 4.82. The number of ether oxygens (including phenoxy) is 1. The van der Waals surface area contributed by atoms with E-state index in [2.05, 4.69) is 6.58 Å². The van der Waals surface area contributed by atoms with E-state index in [9.17, 15) is 5.11 Å². The van der Waals surface area contributed by atoms with Gasteiger partial charge in [0.1, 0.15) is 0 Å². The molecule has 0 aromatic rings. The summed E-state index contributed by atoms with van der Waals surface area (Å²) in [4.78, 5) is 0. The van der Waals surface area contributed by atoms with E-state index in [4.69, 9.17) is 4.74 Å². The summed E-state index contributed by atoms with van der Waals surface area (Å²) in [5, 5.41) is 9.54. The Labute approximate surface area is 105 Å². The van der Waals surface area contributed by atoms with Crippen LogP contribution in [-0.4, -0.2) is 23.9 Å². The molecule has 0 aromatic carbocycles. The van der Waals surface area contributed by atoms with E-state index >= 15 is 0 Å². The van der Waals surface area contributed by atoms with Crippen LogP contribution in [0.25, 0.3) is 0 Å². The minimum Gasteiger partial charge on any atom is -0.393 e. The van der Waals surface area contributed by atoms with Gasteiger partial charge in [-0.15, -0.1) is 6.58 Å². The van der Waals surface area contributed by atoms with Crippen LogP contribution < -0.4 is 0 Å². The second-order valence-corrected chi connectivity index (χ2v) is 5.73. The second-order valence-electron chi connectivity index (χ2n) is 5.73. The van der Waals surface area contributed by atoms with Crippen LogP contribution in [0.1, 0.15) is 51.4 Å². The first kappa shape index (κ1) is 13.1. The van der Waals surface area contributed by atoms with E-state index in [-0.39, 0.29) is 6.10 Å². The first-order chi connectivity index (χ1) is 8.29. The molecule has 2 aliphatic rings. The average molecular weight is 238 g/mol. The number of rotatable bonds is 4. The third-order valence-electron chi connectivity index (χ3n) is 4.58. The molecule has 2 nitrogen and oxygen atoms in total. The standard InChI is InChI=1S/C15H26O2/c1-2-11-17-15-9-5-13(6-10-15)12-3-7-14(16)8-4-12/h2,12-16H,1,3-11H2. The van der Waals surface area contributed by atoms with Crippen molar-refractivity contribution in [1.82, 2.24) is 0 Å². The van der Waals surface area contributed by atoms with Gasteiger partial charge < -0.3 is 9.84 Å². The van der Waals surface area contributed by atoms with Crippen LogP contribution in [0.2, 0.25) is 0 Å². The molecule has 2 heteroatoms. The molecule has 0 spiro atoms. The van der Waals surface area contributed by atoms with Gasteiger partial charge in [-0.05, 0) is 63.2 Å². The first-order valence-electron chi connectivity index (χ1n) is 7.20. The Bertz CT molecular complexity index is 223. The van der Waals surface area contributed by atoms with Crippen LogP contribution in [0.4, 0.5) is 0 Å². The van der Waals surface area contributed by atoms with E-state index in [1.54, 1.807) is 0 Å². The molecule has 17 heavy (non-hydrogen) atoms. The fraction of sp³-hybridized carbons (Fsp3) is 0.867. The lowest BCUT2D eigenvalue weighted by molar-refractivity contribution is 0.0157. The van der Waals surface area contributed by atoms with Crippen LogP contribution in [-0.2, 0) is 4.74 Å². The van der Waals surface area contributed by atoms with Crippen molar-refractivity contribution in [2.24, 2.45) is 11.8 Å². The molecule has 0 atom stereocenters. The summed E-state index contributed by atoms with van der Waals surface area (Å²) < 4.78 is 5.73. The Morgan fingerprint density at radius 3 is 2.00 bits per heavy atom. The molecule has 0 unspecified atom stereocenters. The third kappa shape index (κ3) is 3.82. The summed E-state index contributed by atoms with van der Waals surface area (Å²) in [7, 11) is 0. The third-order valence-corrected chi connectivity index (χ3v) is 4.58. The first-order valence-corrected chi connectivity index (χ1v) is 7.20. The molecule has 98 valence electrons. The lowest BCUT2D eigenvalue weighted by atomic mass is 9.72. The van der Waals surface area contributed by atoms with E-state index in [1.807, 2.05) is 6.08 Å². The fourth-order valence-electron chi connectivity index (χ4n) is 3.50. The molecule has 0 bridgehead atoms. The minimum atomic E-state index is -0.0153. The quantitative estimate of drug-likeness (QED) is 0.761. The van der Waals surface area contributed by atoms with Gasteiger partial charge in [0, 0.05) is 0 Å². The maximum absolute atomic E-state index is 9.54. The highest BCUT2D eigenvalue weighted by Crippen LogP contribution is 2.38. The van der Waals surface area contributed by atoms with Gasteiger partial charge in [0.25, 0.3) is 0 Å². The summed E-state index contributed by atoms with van der Waals surface area (Å²) in [6.07, 6.45) is 11.9. The summed E-state index contributed by atoms with van der Waals surface area (Å²) in [6.45, 7) is 4.39. The molecule has 2 saturated carbocycles. The van der Waals surface area contributed by atoms with Gasteiger partial charge in [-0.2, -0.15) is 0 Å². The van der Waals surface area contributed by atoms with E-state index < -0.39 is 0 Å². The van der Waals surface area contributed by atoms with Crippen LogP contribution in [0.15, 0.2) is 12.7 Å². The van der Waals surface area contributed by atoms with Gasteiger partial charge in [0.15, 0.2) is 0 Å². The van der Waals surface area contributed by atoms with Gasteiger partial charge in [0.2, 0.25) is 0 Å². The Balaban J connectivity index is 1.69. The maximum Gasteiger partial charge on any atom is 0.0648 e. The van der Waals surface area contributed by atoms with Crippen molar-refractivity contribution in [3.8, 4) is 0 Å². The highest BCUT2D eigenvalue weighted by Gasteiger charge is 2.30. The second kappa shape index (κ2) is 6.55. The lowest BCUT2D eigenvalue weighted by Crippen LogP contribution is -2.29. The molecule has 2 fully saturated rings. The zero-order chi connectivity index (χ0) is 12.1.